The molecule has 0 aliphatic heterocycles. The molecule has 0 bridgehead atoms. The number of aliphatic carboxylic acids is 1. The number of aromatic nitrogens is 2. The standard InChI is InChI=1S/C14H12ClN3O3/c1-2-6-18(9-13(19)20)8-12-16-14(17-21-12)10-4-3-5-11(15)7-10/h1,3-5,7H,6,8-9H2,(H,19,20). The van der Waals surface area contributed by atoms with Gasteiger partial charge in [0.05, 0.1) is 19.6 Å². The SMILES string of the molecule is C#CCN(CC(=O)O)Cc1nc(-c2cccc(Cl)c2)no1. The van der Waals surface area contributed by atoms with Gasteiger partial charge in [-0.3, -0.25) is 9.69 Å². The van der Waals surface area contributed by atoms with Gasteiger partial charge in [-0.25, -0.2) is 0 Å². The molecular weight excluding hydrogens is 294 g/mol. The second-order valence-electron chi connectivity index (χ2n) is 4.27. The molecule has 0 spiro atoms. The zero-order chi connectivity index (χ0) is 15.2. The second-order valence-corrected chi connectivity index (χ2v) is 4.70. The molecule has 0 unspecified atom stereocenters. The van der Waals surface area contributed by atoms with Crippen molar-refractivity contribution in [1.82, 2.24) is 15.0 Å². The molecule has 21 heavy (non-hydrogen) atoms. The predicted octanol–water partition coefficient (Wildman–Crippen LogP) is 1.91. The van der Waals surface area contributed by atoms with E-state index in [1.54, 1.807) is 24.3 Å². The molecule has 0 atom stereocenters. The van der Waals surface area contributed by atoms with E-state index in [-0.39, 0.29) is 19.6 Å². The van der Waals surface area contributed by atoms with Crippen LogP contribution in [-0.2, 0) is 11.3 Å². The first-order chi connectivity index (χ1) is 10.1. The molecule has 108 valence electrons. The van der Waals surface area contributed by atoms with Crippen LogP contribution in [0.1, 0.15) is 5.89 Å². The van der Waals surface area contributed by atoms with Crippen molar-refractivity contribution >= 4 is 17.6 Å². The summed E-state index contributed by atoms with van der Waals surface area (Å²) < 4.78 is 5.11. The lowest BCUT2D eigenvalue weighted by atomic mass is 10.2. The Labute approximate surface area is 126 Å². The van der Waals surface area contributed by atoms with Gasteiger partial charge in [0, 0.05) is 10.6 Å². The van der Waals surface area contributed by atoms with Crippen molar-refractivity contribution in [3.8, 4) is 23.7 Å². The van der Waals surface area contributed by atoms with Crippen molar-refractivity contribution in [3.63, 3.8) is 0 Å². The number of terminal acetylenes is 1. The Balaban J connectivity index is 2.12. The summed E-state index contributed by atoms with van der Waals surface area (Å²) in [5.41, 5.74) is 0.722. The second kappa shape index (κ2) is 6.88. The van der Waals surface area contributed by atoms with Gasteiger partial charge in [0.25, 0.3) is 0 Å². The van der Waals surface area contributed by atoms with Crippen molar-refractivity contribution in [2.24, 2.45) is 0 Å². The first-order valence-corrected chi connectivity index (χ1v) is 6.42. The topological polar surface area (TPSA) is 79.5 Å². The van der Waals surface area contributed by atoms with Crippen LogP contribution in [0, 0.1) is 12.3 Å². The molecule has 1 N–H and O–H groups in total. The lowest BCUT2D eigenvalue weighted by Crippen LogP contribution is -2.29. The molecular formula is C14H12ClN3O3. The summed E-state index contributed by atoms with van der Waals surface area (Å²) in [6.07, 6.45) is 5.21. The maximum atomic E-state index is 10.7. The smallest absolute Gasteiger partial charge is 0.317 e. The number of carboxylic acid groups (broad SMARTS) is 1. The highest BCUT2D eigenvalue weighted by molar-refractivity contribution is 6.30. The summed E-state index contributed by atoms with van der Waals surface area (Å²) >= 11 is 5.90. The molecule has 0 fully saturated rings. The Morgan fingerprint density at radius 2 is 2.33 bits per heavy atom. The van der Waals surface area contributed by atoms with Crippen molar-refractivity contribution in [3.05, 3.63) is 35.2 Å². The Kier molecular flexibility index (Phi) is 4.93. The maximum Gasteiger partial charge on any atom is 0.317 e. The summed E-state index contributed by atoms with van der Waals surface area (Å²) in [5, 5.41) is 13.2. The van der Waals surface area contributed by atoms with Crippen LogP contribution in [0.25, 0.3) is 11.4 Å². The van der Waals surface area contributed by atoms with Gasteiger partial charge >= 0.3 is 5.97 Å². The van der Waals surface area contributed by atoms with E-state index in [1.807, 2.05) is 0 Å². The molecule has 0 radical (unpaired) electrons. The molecule has 0 aliphatic carbocycles. The van der Waals surface area contributed by atoms with Crippen molar-refractivity contribution in [2.75, 3.05) is 13.1 Å². The van der Waals surface area contributed by atoms with E-state index in [9.17, 15) is 4.79 Å². The van der Waals surface area contributed by atoms with Gasteiger partial charge < -0.3 is 9.63 Å². The molecule has 1 heterocycles. The average Bonchev–Trinajstić information content (AvgIpc) is 2.87. The van der Waals surface area contributed by atoms with Gasteiger partial charge in [-0.15, -0.1) is 6.42 Å². The van der Waals surface area contributed by atoms with Crippen LogP contribution in [0.15, 0.2) is 28.8 Å². The van der Waals surface area contributed by atoms with Gasteiger partial charge in [0.2, 0.25) is 11.7 Å². The fourth-order valence-corrected chi connectivity index (χ4v) is 1.93. The molecule has 1 aromatic heterocycles. The normalized spacial score (nSPS) is 10.5. The number of nitrogens with zero attached hydrogens (tertiary/aromatic N) is 3. The lowest BCUT2D eigenvalue weighted by molar-refractivity contribution is -0.138. The number of rotatable bonds is 6. The number of hydrogen-bond acceptors (Lipinski definition) is 5. The summed E-state index contributed by atoms with van der Waals surface area (Å²) in [5.74, 6) is 2.11. The highest BCUT2D eigenvalue weighted by atomic mass is 35.5. The fourth-order valence-electron chi connectivity index (χ4n) is 1.74. The molecule has 0 aliphatic rings. The van der Waals surface area contributed by atoms with E-state index in [4.69, 9.17) is 27.7 Å². The zero-order valence-electron chi connectivity index (χ0n) is 11.0. The fraction of sp³-hybridized carbons (Fsp3) is 0.214. The minimum atomic E-state index is -0.972. The van der Waals surface area contributed by atoms with Gasteiger partial charge in [-0.2, -0.15) is 4.98 Å². The summed E-state index contributed by atoms with van der Waals surface area (Å²) in [6.45, 7) is 0.157. The predicted molar refractivity (Wildman–Crippen MR) is 76.5 cm³/mol. The highest BCUT2D eigenvalue weighted by Gasteiger charge is 2.15. The van der Waals surface area contributed by atoms with Crippen LogP contribution >= 0.6 is 11.6 Å². The molecule has 1 aromatic carbocycles. The number of carbonyl (C=O) groups is 1. The third-order valence-electron chi connectivity index (χ3n) is 2.58. The summed E-state index contributed by atoms with van der Waals surface area (Å²) in [4.78, 5) is 16.5. The average molecular weight is 306 g/mol. The highest BCUT2D eigenvalue weighted by Crippen LogP contribution is 2.20. The number of carboxylic acids is 1. The van der Waals surface area contributed by atoms with Crippen LogP contribution in [0.5, 0.6) is 0 Å². The minimum Gasteiger partial charge on any atom is -0.480 e. The van der Waals surface area contributed by atoms with Crippen molar-refractivity contribution in [2.45, 2.75) is 6.54 Å². The van der Waals surface area contributed by atoms with Crippen LogP contribution in [0.3, 0.4) is 0 Å². The number of hydrogen-bond donors (Lipinski definition) is 1. The Morgan fingerprint density at radius 1 is 1.52 bits per heavy atom. The third kappa shape index (κ3) is 4.31. The van der Waals surface area contributed by atoms with Crippen LogP contribution in [0.2, 0.25) is 5.02 Å². The van der Waals surface area contributed by atoms with E-state index in [0.717, 1.165) is 5.56 Å². The molecule has 0 amide bonds. The van der Waals surface area contributed by atoms with E-state index in [1.165, 1.54) is 4.90 Å². The maximum absolute atomic E-state index is 10.7. The Hall–Kier alpha value is -2.36. The van der Waals surface area contributed by atoms with Crippen LogP contribution in [-0.4, -0.2) is 39.2 Å². The molecule has 2 rings (SSSR count). The van der Waals surface area contributed by atoms with E-state index in [0.29, 0.717) is 16.7 Å². The number of halogens is 1. The van der Waals surface area contributed by atoms with Gasteiger partial charge in [-0.05, 0) is 12.1 Å². The van der Waals surface area contributed by atoms with Crippen LogP contribution < -0.4 is 0 Å². The molecule has 0 saturated heterocycles. The number of benzene rings is 1. The quantitative estimate of drug-likeness (QED) is 0.821. The minimum absolute atomic E-state index is 0.171. The van der Waals surface area contributed by atoms with E-state index < -0.39 is 5.97 Å². The first-order valence-electron chi connectivity index (χ1n) is 6.04. The molecule has 0 saturated carbocycles. The molecule has 6 nitrogen and oxygen atoms in total. The van der Waals surface area contributed by atoms with Gasteiger partial charge in [-0.1, -0.05) is 34.8 Å². The van der Waals surface area contributed by atoms with Gasteiger partial charge in [0.15, 0.2) is 0 Å². The zero-order valence-corrected chi connectivity index (χ0v) is 11.7. The summed E-state index contributed by atoms with van der Waals surface area (Å²) in [7, 11) is 0. The summed E-state index contributed by atoms with van der Waals surface area (Å²) in [6, 6.07) is 7.04. The lowest BCUT2D eigenvalue weighted by Gasteiger charge is -2.13. The Morgan fingerprint density at radius 3 is 3.00 bits per heavy atom. The first kappa shape index (κ1) is 15.0. The van der Waals surface area contributed by atoms with Crippen molar-refractivity contribution in [1.29, 1.82) is 0 Å². The van der Waals surface area contributed by atoms with Gasteiger partial charge in [0.1, 0.15) is 0 Å². The molecule has 7 heteroatoms. The molecule has 2 aromatic rings. The third-order valence-corrected chi connectivity index (χ3v) is 2.82. The van der Waals surface area contributed by atoms with E-state index >= 15 is 0 Å². The monoisotopic (exact) mass is 305 g/mol. The van der Waals surface area contributed by atoms with Crippen LogP contribution in [0.4, 0.5) is 0 Å². The van der Waals surface area contributed by atoms with Crippen molar-refractivity contribution < 1.29 is 14.4 Å². The van der Waals surface area contributed by atoms with E-state index in [2.05, 4.69) is 16.1 Å². The largest absolute Gasteiger partial charge is 0.480 e. The Bertz CT molecular complexity index is 678.